The Morgan fingerprint density at radius 2 is 0.750 bits per heavy atom. The number of nitrogens with zero attached hydrogens (tertiary/aromatic N) is 2. The molecule has 0 fully saturated rings. The predicted molar refractivity (Wildman–Crippen MR) is 414 cm³/mol. The van der Waals surface area contributed by atoms with E-state index in [0.717, 1.165) is 27.9 Å². The summed E-state index contributed by atoms with van der Waals surface area (Å²) >= 11 is 1.95. The van der Waals surface area contributed by atoms with Gasteiger partial charge in [0.1, 0.15) is 0 Å². The van der Waals surface area contributed by atoms with Crippen LogP contribution >= 0.6 is 11.8 Å². The van der Waals surface area contributed by atoms with Crippen molar-refractivity contribution in [2.75, 3.05) is 4.90 Å². The molecule has 1 aromatic heterocycles. The van der Waals surface area contributed by atoms with Crippen LogP contribution in [0.15, 0.2) is 301 Å². The fraction of sp³-hybridized carbons (Fsp3) is 0.130. The Kier molecular flexibility index (Phi) is 14.0. The number of hydrogen-bond acceptors (Lipinski definition) is 2. The van der Waals surface area contributed by atoms with Gasteiger partial charge in [0.05, 0.1) is 16.7 Å². The van der Waals surface area contributed by atoms with Crippen molar-refractivity contribution in [1.29, 1.82) is 0 Å². The molecule has 96 heavy (non-hydrogen) atoms. The van der Waals surface area contributed by atoms with Gasteiger partial charge in [0.2, 0.25) is 6.71 Å². The molecule has 0 N–H and O–H groups in total. The van der Waals surface area contributed by atoms with Crippen LogP contribution in [0.3, 0.4) is 0 Å². The molecule has 0 radical (unpaired) electrons. The molecular weight excluding hydrogens is 1180 g/mol. The molecule has 0 atom stereocenters. The van der Waals surface area contributed by atoms with Crippen molar-refractivity contribution in [1.82, 2.24) is 4.57 Å². The molecule has 17 rings (SSSR count). The first-order valence-corrected chi connectivity index (χ1v) is 34.8. The molecule has 2 aliphatic rings. The first-order chi connectivity index (χ1) is 46.5. The summed E-state index contributed by atoms with van der Waals surface area (Å²) in [5, 5.41) is 7.55. The Labute approximate surface area is 569 Å². The van der Waals surface area contributed by atoms with Crippen molar-refractivity contribution in [2.45, 2.75) is 88.3 Å². The standard InChI is InChI=1S/C92H75BN2S/c1-90(2,3)66-41-47-80-75(53-66)76-54-67(91(4,5)6)42-48-81(76)94(80)69-43-46-79-84(57-69)96-85-56-68(92(7,8)9)55-83-88(85)93(79)78-45-40-64(63-39-44-72-77(49-63)87(62-35-23-14-24-36-62)71-38-26-25-37-70(71)86(72)61-33-21-13-22-34-61)52-82(78)95(83)89-73(59-29-17-11-18-30-59)50-65(58-27-15-10-16-28-58)51-74(89)60-31-19-12-20-32-60/h10-57H,1-9H3. The SMILES string of the molecule is CC(C)(C)c1cc2c3c(c1)N(c1c(-c4ccccc4)cc(-c4ccccc4)cc1-c1ccccc1)c1cc(-c4ccc5c(-c6ccccc6)c6ccccc6c(-c6ccccc6)c5c4)ccc1B3c1ccc(-n3c4ccc(C(C)(C)C)cc4c4cc(C(C)(C)C)ccc43)cc1S2. The molecule has 0 saturated heterocycles. The number of hydrogen-bond donors (Lipinski definition) is 0. The van der Waals surface area contributed by atoms with Gasteiger partial charge in [-0.3, -0.25) is 0 Å². The van der Waals surface area contributed by atoms with E-state index < -0.39 is 0 Å². The van der Waals surface area contributed by atoms with E-state index in [9.17, 15) is 0 Å². The summed E-state index contributed by atoms with van der Waals surface area (Å²) < 4.78 is 2.54. The van der Waals surface area contributed by atoms with Crippen LogP contribution in [0, 0.1) is 0 Å². The van der Waals surface area contributed by atoms with Crippen molar-refractivity contribution in [2.24, 2.45) is 0 Å². The molecule has 0 unspecified atom stereocenters. The summed E-state index contributed by atoms with van der Waals surface area (Å²) in [4.78, 5) is 5.28. The lowest BCUT2D eigenvalue weighted by Crippen LogP contribution is -2.60. The van der Waals surface area contributed by atoms with Crippen LogP contribution in [0.2, 0.25) is 0 Å². The minimum Gasteiger partial charge on any atom is -0.310 e. The highest BCUT2D eigenvalue weighted by atomic mass is 32.2. The fourth-order valence-electron chi connectivity index (χ4n) is 15.5. The van der Waals surface area contributed by atoms with Crippen LogP contribution in [0.25, 0.3) is 116 Å². The number of anilines is 3. The van der Waals surface area contributed by atoms with Crippen molar-refractivity contribution >= 4 is 95.3 Å². The average Bonchev–Trinajstić information content (AvgIpc) is 1.38. The molecule has 462 valence electrons. The summed E-state index contributed by atoms with van der Waals surface area (Å²) in [6.45, 7) is 21.0. The maximum Gasteiger partial charge on any atom is 0.249 e. The zero-order valence-electron chi connectivity index (χ0n) is 56.1. The molecular formula is C92H75BN2S. The molecule has 15 aromatic rings. The van der Waals surface area contributed by atoms with Crippen molar-refractivity contribution in [3.05, 3.63) is 308 Å². The Hall–Kier alpha value is -10.4. The van der Waals surface area contributed by atoms with Gasteiger partial charge in [-0.1, -0.05) is 298 Å². The van der Waals surface area contributed by atoms with Crippen LogP contribution in [-0.4, -0.2) is 11.3 Å². The maximum absolute atomic E-state index is 2.70. The third kappa shape index (κ3) is 9.94. The van der Waals surface area contributed by atoms with E-state index in [0.29, 0.717) is 0 Å². The van der Waals surface area contributed by atoms with Gasteiger partial charge in [-0.15, -0.1) is 0 Å². The fourth-order valence-corrected chi connectivity index (χ4v) is 16.7. The van der Waals surface area contributed by atoms with E-state index in [2.05, 4.69) is 363 Å². The van der Waals surface area contributed by atoms with Gasteiger partial charge in [0.25, 0.3) is 0 Å². The van der Waals surface area contributed by atoms with Gasteiger partial charge in [0, 0.05) is 48.8 Å². The van der Waals surface area contributed by atoms with E-state index in [-0.39, 0.29) is 23.0 Å². The number of benzene rings is 14. The lowest BCUT2D eigenvalue weighted by molar-refractivity contribution is 0.589. The second-order valence-corrected chi connectivity index (χ2v) is 30.7. The molecule has 0 bridgehead atoms. The number of rotatable bonds is 8. The zero-order chi connectivity index (χ0) is 65.4. The van der Waals surface area contributed by atoms with E-state index in [1.54, 1.807) is 0 Å². The van der Waals surface area contributed by atoms with E-state index in [4.69, 9.17) is 0 Å². The smallest absolute Gasteiger partial charge is 0.249 e. The summed E-state index contributed by atoms with van der Waals surface area (Å²) in [5.74, 6) is 0. The van der Waals surface area contributed by atoms with Gasteiger partial charge < -0.3 is 9.47 Å². The molecule has 4 heteroatoms. The summed E-state index contributed by atoms with van der Waals surface area (Å²) in [6, 6.07) is 111. The van der Waals surface area contributed by atoms with Crippen LogP contribution in [0.4, 0.5) is 17.1 Å². The van der Waals surface area contributed by atoms with Crippen LogP contribution < -0.4 is 21.3 Å². The van der Waals surface area contributed by atoms with Gasteiger partial charge in [-0.05, 0) is 194 Å². The Morgan fingerprint density at radius 1 is 0.292 bits per heavy atom. The average molecular weight is 1250 g/mol. The second-order valence-electron chi connectivity index (χ2n) is 29.6. The summed E-state index contributed by atoms with van der Waals surface area (Å²) in [6.07, 6.45) is 0. The van der Waals surface area contributed by atoms with Crippen LogP contribution in [0.1, 0.15) is 79.0 Å². The second kappa shape index (κ2) is 22.6. The Morgan fingerprint density at radius 3 is 1.28 bits per heavy atom. The van der Waals surface area contributed by atoms with Crippen LogP contribution in [0.5, 0.6) is 0 Å². The van der Waals surface area contributed by atoms with Gasteiger partial charge >= 0.3 is 0 Å². The van der Waals surface area contributed by atoms with E-state index in [1.165, 1.54) is 148 Å². The minimum absolute atomic E-state index is 0.00135. The Bertz CT molecular complexity index is 5460. The molecule has 0 saturated carbocycles. The van der Waals surface area contributed by atoms with Gasteiger partial charge in [-0.25, -0.2) is 0 Å². The first-order valence-electron chi connectivity index (χ1n) is 34.0. The first kappa shape index (κ1) is 59.4. The largest absolute Gasteiger partial charge is 0.310 e. The van der Waals surface area contributed by atoms with Crippen LogP contribution in [-0.2, 0) is 16.2 Å². The van der Waals surface area contributed by atoms with Crippen molar-refractivity contribution < 1.29 is 0 Å². The van der Waals surface area contributed by atoms with Gasteiger partial charge in [0.15, 0.2) is 0 Å². The molecule has 2 nitrogen and oxygen atoms in total. The molecule has 3 heterocycles. The number of fused-ring (bicyclic) bond motifs is 9. The maximum atomic E-state index is 2.70. The van der Waals surface area contributed by atoms with Crippen molar-refractivity contribution in [3.8, 4) is 72.4 Å². The highest BCUT2D eigenvalue weighted by Gasteiger charge is 2.43. The lowest BCUT2D eigenvalue weighted by atomic mass is 9.34. The summed E-state index contributed by atoms with van der Waals surface area (Å²) in [5.41, 5.74) is 29.2. The quantitative estimate of drug-likeness (QED) is 0.111. The van der Waals surface area contributed by atoms with E-state index in [1.807, 2.05) is 11.8 Å². The highest BCUT2D eigenvalue weighted by Crippen LogP contribution is 2.53. The summed E-state index contributed by atoms with van der Waals surface area (Å²) in [7, 11) is 0. The minimum atomic E-state index is -0.190. The van der Waals surface area contributed by atoms with Crippen molar-refractivity contribution in [3.63, 3.8) is 0 Å². The zero-order valence-corrected chi connectivity index (χ0v) is 56.9. The highest BCUT2D eigenvalue weighted by molar-refractivity contribution is 8.00. The molecule has 0 amide bonds. The third-order valence-corrected chi connectivity index (χ3v) is 21.6. The predicted octanol–water partition coefficient (Wildman–Crippen LogP) is 23.7. The monoisotopic (exact) mass is 1250 g/mol. The third-order valence-electron chi connectivity index (χ3n) is 20.5. The normalized spacial score (nSPS) is 13.0. The topological polar surface area (TPSA) is 8.17 Å². The molecule has 2 aliphatic heterocycles. The lowest BCUT2D eigenvalue weighted by Gasteiger charge is -2.43. The Balaban J connectivity index is 0.955. The van der Waals surface area contributed by atoms with Gasteiger partial charge in [-0.2, -0.15) is 0 Å². The number of aromatic nitrogens is 1. The molecule has 0 spiro atoms. The van der Waals surface area contributed by atoms with E-state index >= 15 is 0 Å². The molecule has 14 aromatic carbocycles. The molecule has 0 aliphatic carbocycles.